The maximum absolute atomic E-state index is 12.2. The average molecular weight is 837 g/mol. The molecular weight excluding hydrogens is 820 g/mol. The third kappa shape index (κ3) is 7.20. The van der Waals surface area contributed by atoms with Crippen molar-refractivity contribution in [2.24, 2.45) is 0 Å². The van der Waals surface area contributed by atoms with E-state index >= 15 is 0 Å². The Kier molecular flexibility index (Phi) is 9.29. The van der Waals surface area contributed by atoms with Gasteiger partial charge in [0, 0.05) is 10.7 Å². The fraction of sp³-hybridized carbons (Fsp3) is 0.136. The molecule has 0 aliphatic carbocycles. The number of hydrogen-bond acceptors (Lipinski definition) is 3. The summed E-state index contributed by atoms with van der Waals surface area (Å²) in [6.07, 6.45) is -0.317. The van der Waals surface area contributed by atoms with E-state index in [1.165, 1.54) is 10.7 Å². The fourth-order valence-electron chi connectivity index (χ4n) is 2.45. The molecule has 7 heteroatoms. The van der Waals surface area contributed by atoms with Crippen molar-refractivity contribution in [3.05, 3.63) is 90.1 Å². The standard InChI is InChI=1S/C22H17I4O3/c1-14(15-11-19(23)22(25)20(24)12-15)29-21(27)13-28-18-9-7-17(8-10-18)26-16-5-3-2-4-6-16/h2-12,14H,13H2,1H3/q+1. The summed E-state index contributed by atoms with van der Waals surface area (Å²) in [7, 11) is 0. The molecule has 0 spiro atoms. The van der Waals surface area contributed by atoms with Gasteiger partial charge in [0.1, 0.15) is 11.9 Å². The van der Waals surface area contributed by atoms with Crippen LogP contribution in [-0.4, -0.2) is 12.6 Å². The van der Waals surface area contributed by atoms with Gasteiger partial charge in [0.05, 0.1) is 0 Å². The van der Waals surface area contributed by atoms with Gasteiger partial charge in [0.25, 0.3) is 0 Å². The Morgan fingerprint density at radius 2 is 1.52 bits per heavy atom. The summed E-state index contributed by atoms with van der Waals surface area (Å²) in [5.74, 6) is 0.302. The molecule has 0 N–H and O–H groups in total. The Morgan fingerprint density at radius 3 is 2.14 bits per heavy atom. The van der Waals surface area contributed by atoms with Crippen molar-refractivity contribution in [2.75, 3.05) is 6.61 Å². The quantitative estimate of drug-likeness (QED) is 0.209. The molecule has 3 aromatic rings. The zero-order valence-electron chi connectivity index (χ0n) is 15.4. The normalized spacial score (nSPS) is 11.7. The molecule has 0 fully saturated rings. The summed E-state index contributed by atoms with van der Waals surface area (Å²) in [6, 6.07) is 22.6. The van der Waals surface area contributed by atoms with Crippen LogP contribution in [0.25, 0.3) is 0 Å². The maximum Gasteiger partial charge on any atom is 0.357 e. The maximum atomic E-state index is 12.2. The number of carbonyl (C=O) groups is 1. The topological polar surface area (TPSA) is 35.5 Å². The predicted octanol–water partition coefficient (Wildman–Crippen LogP) is 3.31. The summed E-state index contributed by atoms with van der Waals surface area (Å²) in [5, 5.41) is 0. The molecule has 0 saturated carbocycles. The third-order valence-corrected chi connectivity index (χ3v) is 11.5. The van der Waals surface area contributed by atoms with E-state index in [1.807, 2.05) is 25.1 Å². The molecule has 0 bridgehead atoms. The molecule has 0 radical (unpaired) electrons. The number of benzene rings is 3. The molecule has 0 aromatic heterocycles. The van der Waals surface area contributed by atoms with Gasteiger partial charge in [0.15, 0.2) is 13.7 Å². The highest BCUT2D eigenvalue weighted by molar-refractivity contribution is 14.1. The van der Waals surface area contributed by atoms with Gasteiger partial charge >= 0.3 is 27.2 Å². The Bertz CT molecular complexity index is 952. The second kappa shape index (κ2) is 11.5. The van der Waals surface area contributed by atoms with Crippen molar-refractivity contribution in [3.63, 3.8) is 0 Å². The monoisotopic (exact) mass is 837 g/mol. The SMILES string of the molecule is CC(OC(=O)COc1ccc([I+]c2ccccc2)cc1)c1cc(I)c(I)c(I)c1. The minimum atomic E-state index is -0.373. The van der Waals surface area contributed by atoms with Gasteiger partial charge in [-0.25, -0.2) is 4.79 Å². The number of halogens is 4. The summed E-state index contributed by atoms with van der Waals surface area (Å²) in [5.41, 5.74) is 0.988. The summed E-state index contributed by atoms with van der Waals surface area (Å²) in [4.78, 5) is 12.2. The second-order valence-electron chi connectivity index (χ2n) is 6.06. The highest BCUT2D eigenvalue weighted by atomic mass is 127. The number of ether oxygens (including phenoxy) is 2. The van der Waals surface area contributed by atoms with Crippen LogP contribution in [-0.2, 0) is 9.53 Å². The van der Waals surface area contributed by atoms with Crippen molar-refractivity contribution in [1.29, 1.82) is 0 Å². The van der Waals surface area contributed by atoms with E-state index < -0.39 is 0 Å². The van der Waals surface area contributed by atoms with E-state index in [-0.39, 0.29) is 39.9 Å². The summed E-state index contributed by atoms with van der Waals surface area (Å²) in [6.45, 7) is 1.78. The van der Waals surface area contributed by atoms with E-state index in [0.717, 1.165) is 12.7 Å². The first-order valence-corrected chi connectivity index (χ1v) is 14.1. The van der Waals surface area contributed by atoms with Gasteiger partial charge in [-0.1, -0.05) is 18.2 Å². The van der Waals surface area contributed by atoms with E-state index in [0.29, 0.717) is 5.75 Å². The van der Waals surface area contributed by atoms with Gasteiger partial charge in [-0.15, -0.1) is 0 Å². The minimum Gasteiger partial charge on any atom is -0.482 e. The predicted molar refractivity (Wildman–Crippen MR) is 135 cm³/mol. The van der Waals surface area contributed by atoms with E-state index in [9.17, 15) is 4.79 Å². The lowest BCUT2D eigenvalue weighted by Crippen LogP contribution is -3.61. The average Bonchev–Trinajstić information content (AvgIpc) is 2.72. The van der Waals surface area contributed by atoms with Crippen molar-refractivity contribution < 1.29 is 35.5 Å². The van der Waals surface area contributed by atoms with E-state index in [4.69, 9.17) is 9.47 Å². The third-order valence-electron chi connectivity index (χ3n) is 3.91. The van der Waals surface area contributed by atoms with Gasteiger partial charge < -0.3 is 9.47 Å². The first-order chi connectivity index (χ1) is 13.9. The molecular formula is C22H17I4O3+. The van der Waals surface area contributed by atoms with Gasteiger partial charge in [-0.05, 0) is 129 Å². The van der Waals surface area contributed by atoms with Crippen molar-refractivity contribution in [3.8, 4) is 5.75 Å². The number of hydrogen-bond donors (Lipinski definition) is 0. The molecule has 0 saturated heterocycles. The largest absolute Gasteiger partial charge is 0.482 e. The smallest absolute Gasteiger partial charge is 0.357 e. The molecule has 1 atom stereocenters. The van der Waals surface area contributed by atoms with Crippen LogP contribution >= 0.6 is 67.8 Å². The van der Waals surface area contributed by atoms with Gasteiger partial charge in [-0.2, -0.15) is 0 Å². The Hall–Kier alpha value is -0.150. The lowest BCUT2D eigenvalue weighted by Gasteiger charge is -2.15. The number of rotatable bonds is 7. The zero-order valence-corrected chi connectivity index (χ0v) is 24.0. The van der Waals surface area contributed by atoms with Crippen LogP contribution in [0.2, 0.25) is 0 Å². The molecule has 29 heavy (non-hydrogen) atoms. The molecule has 1 unspecified atom stereocenters. The molecule has 150 valence electrons. The van der Waals surface area contributed by atoms with Crippen LogP contribution in [0.4, 0.5) is 0 Å². The first-order valence-electron chi connectivity index (χ1n) is 8.69. The van der Waals surface area contributed by atoms with E-state index in [1.54, 1.807) is 0 Å². The van der Waals surface area contributed by atoms with Crippen LogP contribution < -0.4 is 25.9 Å². The molecule has 3 rings (SSSR count). The van der Waals surface area contributed by atoms with Gasteiger partial charge in [-0.3, -0.25) is 0 Å². The fourth-order valence-corrected chi connectivity index (χ4v) is 6.79. The Morgan fingerprint density at radius 1 is 0.931 bits per heavy atom. The Balaban J connectivity index is 1.51. The number of esters is 1. The van der Waals surface area contributed by atoms with Crippen LogP contribution in [0.15, 0.2) is 66.7 Å². The molecule has 0 amide bonds. The van der Waals surface area contributed by atoms with E-state index in [2.05, 4.69) is 116 Å². The van der Waals surface area contributed by atoms with Gasteiger partial charge in [0.2, 0.25) is 0 Å². The van der Waals surface area contributed by atoms with Crippen molar-refractivity contribution >= 4 is 73.7 Å². The summed E-state index contributed by atoms with van der Waals surface area (Å²) < 4.78 is 17.4. The Labute approximate surface area is 222 Å². The molecule has 0 aliphatic rings. The summed E-state index contributed by atoms with van der Waals surface area (Å²) >= 11 is 6.72. The lowest BCUT2D eigenvalue weighted by atomic mass is 10.1. The van der Waals surface area contributed by atoms with Crippen LogP contribution in [0.1, 0.15) is 18.6 Å². The van der Waals surface area contributed by atoms with Crippen LogP contribution in [0.5, 0.6) is 5.75 Å². The number of carbonyl (C=O) groups excluding carboxylic acids is 1. The highest BCUT2D eigenvalue weighted by Gasteiger charge is 2.17. The minimum absolute atomic E-state index is 0.101. The van der Waals surface area contributed by atoms with Crippen LogP contribution in [0, 0.1) is 17.9 Å². The molecule has 3 aromatic carbocycles. The lowest BCUT2D eigenvalue weighted by molar-refractivity contribution is -0.597. The molecule has 3 nitrogen and oxygen atoms in total. The second-order valence-corrected chi connectivity index (χ2v) is 12.5. The zero-order chi connectivity index (χ0) is 20.8. The molecule has 0 aliphatic heterocycles. The van der Waals surface area contributed by atoms with Crippen molar-refractivity contribution in [1.82, 2.24) is 0 Å². The van der Waals surface area contributed by atoms with Crippen LogP contribution in [0.3, 0.4) is 0 Å². The first kappa shape index (κ1) is 23.5. The molecule has 0 heterocycles. The van der Waals surface area contributed by atoms with Crippen molar-refractivity contribution in [2.45, 2.75) is 13.0 Å². The highest BCUT2D eigenvalue weighted by Crippen LogP contribution is 2.27.